The average molecular weight is 433 g/mol. The second-order valence-electron chi connectivity index (χ2n) is 9.27. The third-order valence-electron chi connectivity index (χ3n) is 5.98. The van der Waals surface area contributed by atoms with Gasteiger partial charge in [-0.25, -0.2) is 0 Å². The lowest BCUT2D eigenvalue weighted by Gasteiger charge is -2.32. The topological polar surface area (TPSA) is 47.9 Å². The second kappa shape index (κ2) is 14.7. The molecule has 0 aromatic heterocycles. The maximum atomic E-state index is 10.7. The lowest BCUT2D eigenvalue weighted by atomic mass is 10.0. The number of benzene rings is 1. The molecule has 1 aromatic rings. The first-order valence-electron chi connectivity index (χ1n) is 12.3. The van der Waals surface area contributed by atoms with E-state index in [1.807, 2.05) is 32.0 Å². The third-order valence-corrected chi connectivity index (χ3v) is 5.98. The first-order valence-corrected chi connectivity index (χ1v) is 12.3. The van der Waals surface area contributed by atoms with Crippen LogP contribution in [-0.4, -0.2) is 30.2 Å². The zero-order valence-electron chi connectivity index (χ0n) is 20.0. The van der Waals surface area contributed by atoms with Gasteiger partial charge in [0.1, 0.15) is 0 Å². The Morgan fingerprint density at radius 2 is 1.52 bits per heavy atom. The van der Waals surface area contributed by atoms with Crippen molar-refractivity contribution >= 4 is 0 Å². The van der Waals surface area contributed by atoms with Gasteiger partial charge in [0.2, 0.25) is 0 Å². The van der Waals surface area contributed by atoms with E-state index in [0.717, 1.165) is 24.0 Å². The molecule has 1 fully saturated rings. The fraction of sp³-hybridized carbons (Fsp3) is 0.704. The Kier molecular flexibility index (Phi) is 12.2. The quantitative estimate of drug-likeness (QED) is 0.230. The molecule has 1 aromatic carbocycles. The molecule has 4 heteroatoms. The number of ether oxygens (including phenoxy) is 3. The highest BCUT2D eigenvalue weighted by Crippen LogP contribution is 2.25. The molecule has 0 unspecified atom stereocenters. The average Bonchev–Trinajstić information content (AvgIpc) is 2.76. The van der Waals surface area contributed by atoms with Crippen molar-refractivity contribution in [3.8, 4) is 0 Å². The van der Waals surface area contributed by atoms with Crippen LogP contribution in [0.15, 0.2) is 41.7 Å². The van der Waals surface area contributed by atoms with Gasteiger partial charge >= 0.3 is 0 Å². The minimum Gasteiger partial charge on any atom is -0.512 e. The molecule has 0 aliphatic carbocycles. The van der Waals surface area contributed by atoms with Crippen molar-refractivity contribution in [1.82, 2.24) is 0 Å². The summed E-state index contributed by atoms with van der Waals surface area (Å²) in [6.45, 7) is 7.47. The van der Waals surface area contributed by atoms with Crippen LogP contribution in [0.5, 0.6) is 0 Å². The maximum absolute atomic E-state index is 10.7. The largest absolute Gasteiger partial charge is 0.512 e. The molecule has 1 saturated heterocycles. The standard InChI is InChI=1S/C27H44O4/c1-4-5-6-7-8-9-10-11-15-18-25(29-20-23-16-13-12-14-17-23)19-26(28)24-21-30-27(2,3)31-22-24/h12-14,16-17,25,28H,4-11,15,18-22H2,1-3H3/t25-/m1/s1. The van der Waals surface area contributed by atoms with Crippen molar-refractivity contribution in [2.24, 2.45) is 0 Å². The Labute approximate surface area is 190 Å². The van der Waals surface area contributed by atoms with E-state index in [-0.39, 0.29) is 6.10 Å². The normalized spacial score (nSPS) is 16.9. The maximum Gasteiger partial charge on any atom is 0.163 e. The van der Waals surface area contributed by atoms with Gasteiger partial charge in [0.25, 0.3) is 0 Å². The Balaban J connectivity index is 1.78. The van der Waals surface area contributed by atoms with Crippen LogP contribution in [-0.2, 0) is 20.8 Å². The van der Waals surface area contributed by atoms with Crippen LogP contribution in [0.4, 0.5) is 0 Å². The van der Waals surface area contributed by atoms with Crippen LogP contribution in [0.2, 0.25) is 0 Å². The molecule has 176 valence electrons. The highest BCUT2D eigenvalue weighted by atomic mass is 16.7. The third kappa shape index (κ3) is 11.2. The fourth-order valence-corrected chi connectivity index (χ4v) is 3.85. The molecule has 0 saturated carbocycles. The minimum absolute atomic E-state index is 0.00666. The first kappa shape index (κ1) is 25.9. The van der Waals surface area contributed by atoms with Gasteiger partial charge in [-0.05, 0) is 25.8 Å². The van der Waals surface area contributed by atoms with E-state index in [4.69, 9.17) is 14.2 Å². The molecule has 0 amide bonds. The Bertz CT molecular complexity index is 611. The van der Waals surface area contributed by atoms with Gasteiger partial charge in [-0.15, -0.1) is 0 Å². The van der Waals surface area contributed by atoms with Crippen LogP contribution in [0.3, 0.4) is 0 Å². The van der Waals surface area contributed by atoms with E-state index >= 15 is 0 Å². The van der Waals surface area contributed by atoms with E-state index in [1.165, 1.54) is 51.4 Å². The molecule has 0 radical (unpaired) electrons. The summed E-state index contributed by atoms with van der Waals surface area (Å²) in [7, 11) is 0. The molecule has 2 rings (SSSR count). The van der Waals surface area contributed by atoms with E-state index in [9.17, 15) is 5.11 Å². The van der Waals surface area contributed by atoms with Gasteiger partial charge in [0.15, 0.2) is 5.79 Å². The smallest absolute Gasteiger partial charge is 0.163 e. The van der Waals surface area contributed by atoms with Gasteiger partial charge in [-0.2, -0.15) is 0 Å². The SMILES string of the molecule is CCCCCCCCCCC[C@H](CC(O)=C1COC(C)(C)OC1)OCc1ccccc1. The van der Waals surface area contributed by atoms with Crippen LogP contribution in [0.25, 0.3) is 0 Å². The molecule has 1 aliphatic rings. The molecule has 0 spiro atoms. The molecule has 1 heterocycles. The van der Waals surface area contributed by atoms with E-state index < -0.39 is 5.79 Å². The molecule has 1 aliphatic heterocycles. The number of hydrogen-bond acceptors (Lipinski definition) is 4. The molecule has 1 N–H and O–H groups in total. The van der Waals surface area contributed by atoms with Gasteiger partial charge in [-0.3, -0.25) is 0 Å². The Morgan fingerprint density at radius 1 is 0.935 bits per heavy atom. The summed E-state index contributed by atoms with van der Waals surface area (Å²) in [5.74, 6) is -0.215. The lowest BCUT2D eigenvalue weighted by molar-refractivity contribution is -0.226. The van der Waals surface area contributed by atoms with Gasteiger partial charge in [0, 0.05) is 12.0 Å². The van der Waals surface area contributed by atoms with Crippen molar-refractivity contribution in [3.05, 3.63) is 47.2 Å². The summed E-state index contributed by atoms with van der Waals surface area (Å²) in [6.07, 6.45) is 13.3. The molecular formula is C27H44O4. The van der Waals surface area contributed by atoms with Crippen molar-refractivity contribution in [2.45, 2.75) is 110 Å². The van der Waals surface area contributed by atoms with E-state index in [2.05, 4.69) is 19.1 Å². The van der Waals surface area contributed by atoms with Crippen LogP contribution >= 0.6 is 0 Å². The summed E-state index contributed by atoms with van der Waals surface area (Å²) in [4.78, 5) is 0. The predicted molar refractivity (Wildman–Crippen MR) is 127 cm³/mol. The fourth-order valence-electron chi connectivity index (χ4n) is 3.85. The Morgan fingerprint density at radius 3 is 2.13 bits per heavy atom. The van der Waals surface area contributed by atoms with E-state index in [1.54, 1.807) is 0 Å². The summed E-state index contributed by atoms with van der Waals surface area (Å²) in [5.41, 5.74) is 2.00. The van der Waals surface area contributed by atoms with Crippen molar-refractivity contribution in [2.75, 3.05) is 13.2 Å². The van der Waals surface area contributed by atoms with Crippen molar-refractivity contribution in [3.63, 3.8) is 0 Å². The zero-order chi connectivity index (χ0) is 22.4. The monoisotopic (exact) mass is 432 g/mol. The molecular weight excluding hydrogens is 388 g/mol. The highest BCUT2D eigenvalue weighted by Gasteiger charge is 2.27. The lowest BCUT2D eigenvalue weighted by Crippen LogP contribution is -2.36. The zero-order valence-corrected chi connectivity index (χ0v) is 20.0. The first-order chi connectivity index (χ1) is 15.0. The molecule has 0 bridgehead atoms. The number of rotatable bonds is 15. The summed E-state index contributed by atoms with van der Waals surface area (Å²) < 4.78 is 17.6. The number of aliphatic hydroxyl groups excluding tert-OH is 1. The molecule has 31 heavy (non-hydrogen) atoms. The second-order valence-corrected chi connectivity index (χ2v) is 9.27. The van der Waals surface area contributed by atoms with Crippen molar-refractivity contribution < 1.29 is 19.3 Å². The molecule has 4 nitrogen and oxygen atoms in total. The van der Waals surface area contributed by atoms with Crippen LogP contribution < -0.4 is 0 Å². The molecule has 1 atom stereocenters. The van der Waals surface area contributed by atoms with Crippen LogP contribution in [0.1, 0.15) is 97.0 Å². The minimum atomic E-state index is -0.580. The predicted octanol–water partition coefficient (Wildman–Crippen LogP) is 7.48. The van der Waals surface area contributed by atoms with Gasteiger partial charge < -0.3 is 19.3 Å². The summed E-state index contributed by atoms with van der Waals surface area (Å²) >= 11 is 0. The summed E-state index contributed by atoms with van der Waals surface area (Å²) in [5, 5.41) is 10.7. The van der Waals surface area contributed by atoms with Gasteiger partial charge in [-0.1, -0.05) is 95.0 Å². The highest BCUT2D eigenvalue weighted by molar-refractivity contribution is 5.14. The number of aliphatic hydroxyl groups is 1. The van der Waals surface area contributed by atoms with Crippen LogP contribution in [0, 0.1) is 0 Å². The van der Waals surface area contributed by atoms with Crippen molar-refractivity contribution in [1.29, 1.82) is 0 Å². The number of unbranched alkanes of at least 4 members (excludes halogenated alkanes) is 8. The van der Waals surface area contributed by atoms with E-state index in [0.29, 0.717) is 32.0 Å². The summed E-state index contributed by atoms with van der Waals surface area (Å²) in [6, 6.07) is 10.2. The van der Waals surface area contributed by atoms with Gasteiger partial charge in [0.05, 0.1) is 31.7 Å². The Hall–Kier alpha value is -1.36. The number of hydrogen-bond donors (Lipinski definition) is 1.